The van der Waals surface area contributed by atoms with Crippen molar-refractivity contribution in [2.45, 2.75) is 18.9 Å². The Morgan fingerprint density at radius 2 is 1.87 bits per heavy atom. The number of anilines is 1. The molecule has 2 aromatic heterocycles. The summed E-state index contributed by atoms with van der Waals surface area (Å²) < 4.78 is 0. The summed E-state index contributed by atoms with van der Waals surface area (Å²) in [5, 5.41) is 0.733. The fourth-order valence-corrected chi connectivity index (χ4v) is 3.14. The molecule has 4 rings (SSSR count). The fourth-order valence-electron chi connectivity index (χ4n) is 3.01. The molecule has 0 aliphatic carbocycles. The normalized spacial score (nSPS) is 17.6. The summed E-state index contributed by atoms with van der Waals surface area (Å²) in [6.07, 6.45) is 7.59. The first-order valence-electron chi connectivity index (χ1n) is 7.66. The Kier molecular flexibility index (Phi) is 3.71. The number of H-pyrrole nitrogens is 1. The predicted molar refractivity (Wildman–Crippen MR) is 90.4 cm³/mol. The SMILES string of the molecule is Clc1ccc(-c2cnc([C@@H]3CCCN3c3ncccn3)[nH]2)cc1. The lowest BCUT2D eigenvalue weighted by Crippen LogP contribution is -2.25. The molecule has 1 aliphatic rings. The van der Waals surface area contributed by atoms with Gasteiger partial charge in [-0.3, -0.25) is 0 Å². The van der Waals surface area contributed by atoms with E-state index in [0.717, 1.165) is 47.4 Å². The van der Waals surface area contributed by atoms with Crippen LogP contribution in [0.25, 0.3) is 11.3 Å². The van der Waals surface area contributed by atoms with Gasteiger partial charge < -0.3 is 9.88 Å². The molecule has 1 saturated heterocycles. The van der Waals surface area contributed by atoms with E-state index in [4.69, 9.17) is 11.6 Å². The van der Waals surface area contributed by atoms with Gasteiger partial charge in [-0.25, -0.2) is 15.0 Å². The van der Waals surface area contributed by atoms with Crippen LogP contribution in [0.3, 0.4) is 0 Å². The standard InChI is InChI=1S/C17H16ClN5/c18-13-6-4-12(5-7-13)14-11-21-16(22-14)15-3-1-10-23(15)17-19-8-2-9-20-17/h2,4-9,11,15H,1,3,10H2,(H,21,22)/t15-/m0/s1. The highest BCUT2D eigenvalue weighted by Gasteiger charge is 2.30. The molecule has 0 bridgehead atoms. The van der Waals surface area contributed by atoms with Crippen LogP contribution in [0.15, 0.2) is 48.9 Å². The molecule has 116 valence electrons. The largest absolute Gasteiger partial charge is 0.340 e. The molecule has 6 heteroatoms. The summed E-state index contributed by atoms with van der Waals surface area (Å²) in [4.78, 5) is 19.0. The Bertz CT molecular complexity index is 784. The lowest BCUT2D eigenvalue weighted by molar-refractivity contribution is 0.663. The molecule has 3 aromatic rings. The van der Waals surface area contributed by atoms with Gasteiger partial charge in [0.15, 0.2) is 0 Å². The van der Waals surface area contributed by atoms with Crippen molar-refractivity contribution in [1.29, 1.82) is 0 Å². The van der Waals surface area contributed by atoms with Crippen molar-refractivity contribution in [2.24, 2.45) is 0 Å². The lowest BCUT2D eigenvalue weighted by atomic mass is 10.2. The third-order valence-electron chi connectivity index (χ3n) is 4.13. The van der Waals surface area contributed by atoms with Crippen molar-refractivity contribution in [3.05, 3.63) is 59.8 Å². The van der Waals surface area contributed by atoms with Crippen LogP contribution in [0.4, 0.5) is 5.95 Å². The number of hydrogen-bond acceptors (Lipinski definition) is 4. The van der Waals surface area contributed by atoms with E-state index in [1.807, 2.05) is 36.5 Å². The number of imidazole rings is 1. The van der Waals surface area contributed by atoms with Crippen LogP contribution in [0.1, 0.15) is 24.7 Å². The van der Waals surface area contributed by atoms with Gasteiger partial charge in [0.2, 0.25) is 5.95 Å². The minimum atomic E-state index is 0.193. The van der Waals surface area contributed by atoms with Crippen LogP contribution in [0.5, 0.6) is 0 Å². The van der Waals surface area contributed by atoms with E-state index in [9.17, 15) is 0 Å². The highest BCUT2D eigenvalue weighted by molar-refractivity contribution is 6.30. The first kappa shape index (κ1) is 14.2. The first-order chi connectivity index (χ1) is 11.3. The number of benzene rings is 1. The maximum atomic E-state index is 5.95. The number of aromatic nitrogens is 4. The molecule has 1 fully saturated rings. The number of aromatic amines is 1. The number of nitrogens with zero attached hydrogens (tertiary/aromatic N) is 4. The molecular weight excluding hydrogens is 310 g/mol. The monoisotopic (exact) mass is 325 g/mol. The Balaban J connectivity index is 1.62. The van der Waals surface area contributed by atoms with Gasteiger partial charge in [-0.05, 0) is 36.6 Å². The van der Waals surface area contributed by atoms with Crippen LogP contribution in [-0.4, -0.2) is 26.5 Å². The lowest BCUT2D eigenvalue weighted by Gasteiger charge is -2.22. The van der Waals surface area contributed by atoms with Crippen molar-refractivity contribution >= 4 is 17.5 Å². The van der Waals surface area contributed by atoms with E-state index < -0.39 is 0 Å². The van der Waals surface area contributed by atoms with Gasteiger partial charge in [-0.2, -0.15) is 0 Å². The van der Waals surface area contributed by atoms with Gasteiger partial charge in [0.05, 0.1) is 17.9 Å². The van der Waals surface area contributed by atoms with Gasteiger partial charge in [0, 0.05) is 24.0 Å². The Morgan fingerprint density at radius 3 is 2.65 bits per heavy atom. The van der Waals surface area contributed by atoms with Crippen molar-refractivity contribution in [1.82, 2.24) is 19.9 Å². The molecular formula is C17H16ClN5. The van der Waals surface area contributed by atoms with Crippen LogP contribution in [0.2, 0.25) is 5.02 Å². The average molecular weight is 326 g/mol. The smallest absolute Gasteiger partial charge is 0.225 e. The van der Waals surface area contributed by atoms with Gasteiger partial charge in [-0.1, -0.05) is 23.7 Å². The molecule has 23 heavy (non-hydrogen) atoms. The number of halogens is 1. The maximum Gasteiger partial charge on any atom is 0.225 e. The summed E-state index contributed by atoms with van der Waals surface area (Å²) in [6.45, 7) is 0.950. The second-order valence-corrected chi connectivity index (χ2v) is 6.03. The second kappa shape index (κ2) is 6.01. The van der Waals surface area contributed by atoms with E-state index >= 15 is 0 Å². The minimum absolute atomic E-state index is 0.193. The van der Waals surface area contributed by atoms with Crippen molar-refractivity contribution in [2.75, 3.05) is 11.4 Å². The number of rotatable bonds is 3. The molecule has 0 radical (unpaired) electrons. The van der Waals surface area contributed by atoms with Crippen molar-refractivity contribution < 1.29 is 0 Å². The molecule has 1 atom stereocenters. The van der Waals surface area contributed by atoms with E-state index in [2.05, 4.69) is 24.8 Å². The third-order valence-corrected chi connectivity index (χ3v) is 4.38. The summed E-state index contributed by atoms with van der Waals surface area (Å²) in [5.41, 5.74) is 2.08. The molecule has 1 N–H and O–H groups in total. The molecule has 0 saturated carbocycles. The minimum Gasteiger partial charge on any atom is -0.340 e. The Labute approximate surface area is 139 Å². The quantitative estimate of drug-likeness (QED) is 0.794. The summed E-state index contributed by atoms with van der Waals surface area (Å²) in [6, 6.07) is 9.78. The van der Waals surface area contributed by atoms with Crippen molar-refractivity contribution in [3.8, 4) is 11.3 Å². The Morgan fingerprint density at radius 1 is 1.09 bits per heavy atom. The molecule has 0 spiro atoms. The molecule has 0 unspecified atom stereocenters. The predicted octanol–water partition coefficient (Wildman–Crippen LogP) is 3.86. The fraction of sp³-hybridized carbons (Fsp3) is 0.235. The molecule has 0 amide bonds. The molecule has 5 nitrogen and oxygen atoms in total. The molecule has 1 aliphatic heterocycles. The zero-order valence-electron chi connectivity index (χ0n) is 12.5. The zero-order chi connectivity index (χ0) is 15.6. The Hall–Kier alpha value is -2.40. The van der Waals surface area contributed by atoms with Crippen LogP contribution >= 0.6 is 11.6 Å². The highest BCUT2D eigenvalue weighted by Crippen LogP contribution is 2.33. The zero-order valence-corrected chi connectivity index (χ0v) is 13.2. The summed E-state index contributed by atoms with van der Waals surface area (Å²) in [7, 11) is 0. The van der Waals surface area contributed by atoms with Crippen molar-refractivity contribution in [3.63, 3.8) is 0 Å². The van der Waals surface area contributed by atoms with E-state index in [-0.39, 0.29) is 6.04 Å². The highest BCUT2D eigenvalue weighted by atomic mass is 35.5. The summed E-state index contributed by atoms with van der Waals surface area (Å²) in [5.74, 6) is 1.72. The number of hydrogen-bond donors (Lipinski definition) is 1. The summed E-state index contributed by atoms with van der Waals surface area (Å²) >= 11 is 5.95. The van der Waals surface area contributed by atoms with Gasteiger partial charge in [0.25, 0.3) is 0 Å². The van der Waals surface area contributed by atoms with Crippen LogP contribution in [0, 0.1) is 0 Å². The number of nitrogens with one attached hydrogen (secondary N) is 1. The van der Waals surface area contributed by atoms with E-state index in [1.54, 1.807) is 12.4 Å². The molecule has 1 aromatic carbocycles. The van der Waals surface area contributed by atoms with Crippen LogP contribution < -0.4 is 4.90 Å². The van der Waals surface area contributed by atoms with Gasteiger partial charge in [-0.15, -0.1) is 0 Å². The topological polar surface area (TPSA) is 57.7 Å². The molecule has 3 heterocycles. The second-order valence-electron chi connectivity index (χ2n) is 5.59. The first-order valence-corrected chi connectivity index (χ1v) is 8.03. The van der Waals surface area contributed by atoms with Gasteiger partial charge in [0.1, 0.15) is 5.82 Å². The third kappa shape index (κ3) is 2.80. The average Bonchev–Trinajstić information content (AvgIpc) is 3.25. The van der Waals surface area contributed by atoms with Gasteiger partial charge >= 0.3 is 0 Å². The van der Waals surface area contributed by atoms with E-state index in [0.29, 0.717) is 0 Å². The van der Waals surface area contributed by atoms with Crippen LogP contribution in [-0.2, 0) is 0 Å². The van der Waals surface area contributed by atoms with E-state index in [1.165, 1.54) is 0 Å². The maximum absolute atomic E-state index is 5.95.